The zero-order valence-electron chi connectivity index (χ0n) is 14.3. The van der Waals surface area contributed by atoms with Crippen LogP contribution in [0.2, 0.25) is 0 Å². The van der Waals surface area contributed by atoms with E-state index >= 15 is 0 Å². The molecule has 0 saturated carbocycles. The maximum atomic E-state index is 11.5. The summed E-state index contributed by atoms with van der Waals surface area (Å²) in [5.74, 6) is 2.89. The van der Waals surface area contributed by atoms with E-state index < -0.39 is 9.84 Å². The molecule has 2 atom stereocenters. The van der Waals surface area contributed by atoms with E-state index in [4.69, 9.17) is 4.99 Å². The third kappa shape index (κ3) is 7.37. The monoisotopic (exact) mass is 475 g/mol. The second-order valence-electron chi connectivity index (χ2n) is 7.02. The first kappa shape index (κ1) is 21.3. The highest BCUT2D eigenvalue weighted by atomic mass is 127. The summed E-state index contributed by atoms with van der Waals surface area (Å²) in [4.78, 5) is 4.74. The van der Waals surface area contributed by atoms with Gasteiger partial charge in [-0.05, 0) is 51.7 Å². The molecular formula is C15H30IN3O2S2. The van der Waals surface area contributed by atoms with Gasteiger partial charge in [0.15, 0.2) is 15.8 Å². The molecule has 2 rings (SSSR count). The zero-order chi connectivity index (χ0) is 16.2. The number of thioether (sulfide) groups is 1. The van der Waals surface area contributed by atoms with Crippen LogP contribution in [0.15, 0.2) is 4.99 Å². The molecule has 2 fully saturated rings. The van der Waals surface area contributed by atoms with Gasteiger partial charge in [-0.15, -0.1) is 24.0 Å². The predicted octanol–water partition coefficient (Wildman–Crippen LogP) is 2.27. The van der Waals surface area contributed by atoms with Gasteiger partial charge in [-0.2, -0.15) is 11.8 Å². The van der Waals surface area contributed by atoms with Crippen LogP contribution >= 0.6 is 35.7 Å². The van der Waals surface area contributed by atoms with E-state index in [2.05, 4.69) is 31.4 Å². The smallest absolute Gasteiger partial charge is 0.191 e. The Bertz CT molecular complexity index is 503. The molecule has 2 saturated heterocycles. The molecule has 23 heavy (non-hydrogen) atoms. The van der Waals surface area contributed by atoms with Gasteiger partial charge in [0.05, 0.1) is 18.1 Å². The molecule has 0 bridgehead atoms. The SMILES string of the molecule is CC(C)NC(=NCC1(C)CCCS1)NCC1CCS(=O)(=O)C1.I. The number of nitrogens with one attached hydrogen (secondary N) is 2. The second-order valence-corrected chi connectivity index (χ2v) is 10.9. The van der Waals surface area contributed by atoms with Gasteiger partial charge in [-0.25, -0.2) is 8.42 Å². The van der Waals surface area contributed by atoms with Crippen molar-refractivity contribution in [3.8, 4) is 0 Å². The Labute approximate surface area is 162 Å². The standard InChI is InChI=1S/C15H29N3O2S2.HI/c1-12(2)18-14(17-11-15(3)6-4-7-21-15)16-9-13-5-8-22(19,20)10-13;/h12-13H,4-11H2,1-3H3,(H2,16,17,18);1H. The number of sulfone groups is 1. The predicted molar refractivity (Wildman–Crippen MR) is 111 cm³/mol. The third-order valence-corrected chi connectivity index (χ3v) is 7.54. The van der Waals surface area contributed by atoms with Gasteiger partial charge < -0.3 is 10.6 Å². The maximum Gasteiger partial charge on any atom is 0.191 e. The van der Waals surface area contributed by atoms with Crippen molar-refractivity contribution in [1.82, 2.24) is 10.6 Å². The Morgan fingerprint density at radius 3 is 2.70 bits per heavy atom. The first-order chi connectivity index (χ1) is 10.3. The Morgan fingerprint density at radius 1 is 1.43 bits per heavy atom. The number of hydrogen-bond donors (Lipinski definition) is 2. The molecule has 0 aliphatic carbocycles. The molecule has 2 aliphatic rings. The molecule has 2 heterocycles. The lowest BCUT2D eigenvalue weighted by Gasteiger charge is -2.22. The fraction of sp³-hybridized carbons (Fsp3) is 0.933. The summed E-state index contributed by atoms with van der Waals surface area (Å²) >= 11 is 2.01. The Kier molecular flexibility index (Phi) is 8.47. The largest absolute Gasteiger partial charge is 0.356 e. The topological polar surface area (TPSA) is 70.6 Å². The van der Waals surface area contributed by atoms with Crippen molar-refractivity contribution in [3.05, 3.63) is 0 Å². The number of halogens is 1. The molecule has 2 aliphatic heterocycles. The van der Waals surface area contributed by atoms with Crippen LogP contribution in [-0.4, -0.2) is 55.5 Å². The number of guanidine groups is 1. The van der Waals surface area contributed by atoms with Crippen molar-refractivity contribution in [2.45, 2.75) is 50.8 Å². The van der Waals surface area contributed by atoms with Crippen LogP contribution in [0.5, 0.6) is 0 Å². The van der Waals surface area contributed by atoms with Gasteiger partial charge in [-0.3, -0.25) is 4.99 Å². The van der Waals surface area contributed by atoms with Crippen molar-refractivity contribution in [3.63, 3.8) is 0 Å². The number of hydrogen-bond acceptors (Lipinski definition) is 4. The molecule has 0 radical (unpaired) electrons. The van der Waals surface area contributed by atoms with Crippen LogP contribution in [0.1, 0.15) is 40.0 Å². The normalized spacial score (nSPS) is 30.3. The van der Waals surface area contributed by atoms with Crippen LogP contribution in [0.25, 0.3) is 0 Å². The molecule has 8 heteroatoms. The molecule has 0 amide bonds. The average molecular weight is 475 g/mol. The lowest BCUT2D eigenvalue weighted by Crippen LogP contribution is -2.44. The number of nitrogens with zero attached hydrogens (tertiary/aromatic N) is 1. The molecule has 0 aromatic rings. The lowest BCUT2D eigenvalue weighted by atomic mass is 10.1. The maximum absolute atomic E-state index is 11.5. The minimum Gasteiger partial charge on any atom is -0.356 e. The summed E-state index contributed by atoms with van der Waals surface area (Å²) in [5.41, 5.74) is 0. The summed E-state index contributed by atoms with van der Waals surface area (Å²) < 4.78 is 23.3. The molecule has 0 aromatic heterocycles. The highest BCUT2D eigenvalue weighted by Gasteiger charge is 2.30. The summed E-state index contributed by atoms with van der Waals surface area (Å²) in [5, 5.41) is 6.68. The van der Waals surface area contributed by atoms with Crippen LogP contribution in [-0.2, 0) is 9.84 Å². The third-order valence-electron chi connectivity index (χ3n) is 4.18. The van der Waals surface area contributed by atoms with Crippen molar-refractivity contribution in [1.29, 1.82) is 0 Å². The van der Waals surface area contributed by atoms with Crippen molar-refractivity contribution in [2.24, 2.45) is 10.9 Å². The van der Waals surface area contributed by atoms with Gasteiger partial charge in [0.1, 0.15) is 0 Å². The second kappa shape index (κ2) is 9.12. The van der Waals surface area contributed by atoms with Gasteiger partial charge in [-0.1, -0.05) is 0 Å². The quantitative estimate of drug-likeness (QED) is 0.363. The molecule has 0 aromatic carbocycles. The fourth-order valence-electron chi connectivity index (χ4n) is 2.91. The first-order valence-corrected chi connectivity index (χ1v) is 11.0. The lowest BCUT2D eigenvalue weighted by molar-refractivity contribution is 0.558. The van der Waals surface area contributed by atoms with Crippen molar-refractivity contribution >= 4 is 51.5 Å². The van der Waals surface area contributed by atoms with Gasteiger partial charge in [0.25, 0.3) is 0 Å². The summed E-state index contributed by atoms with van der Waals surface area (Å²) in [7, 11) is -2.81. The Balaban J connectivity index is 0.00000264. The molecule has 5 nitrogen and oxygen atoms in total. The molecular weight excluding hydrogens is 445 g/mol. The van der Waals surface area contributed by atoms with Crippen LogP contribution in [0.3, 0.4) is 0 Å². The van der Waals surface area contributed by atoms with Gasteiger partial charge in [0, 0.05) is 17.3 Å². The highest BCUT2D eigenvalue weighted by molar-refractivity contribution is 14.0. The minimum absolute atomic E-state index is 0. The summed E-state index contributed by atoms with van der Waals surface area (Å²) in [6.07, 6.45) is 3.26. The van der Waals surface area contributed by atoms with E-state index in [-0.39, 0.29) is 34.6 Å². The van der Waals surface area contributed by atoms with Gasteiger partial charge in [0.2, 0.25) is 0 Å². The Morgan fingerprint density at radius 2 is 2.17 bits per heavy atom. The van der Waals surface area contributed by atoms with E-state index in [0.717, 1.165) is 18.9 Å². The average Bonchev–Trinajstić information content (AvgIpc) is 2.99. The zero-order valence-corrected chi connectivity index (χ0v) is 18.3. The molecule has 0 spiro atoms. The van der Waals surface area contributed by atoms with Crippen molar-refractivity contribution in [2.75, 3.05) is 30.3 Å². The van der Waals surface area contributed by atoms with Gasteiger partial charge >= 0.3 is 0 Å². The van der Waals surface area contributed by atoms with Crippen LogP contribution < -0.4 is 10.6 Å². The van der Waals surface area contributed by atoms with E-state index in [9.17, 15) is 8.42 Å². The summed E-state index contributed by atoms with van der Waals surface area (Å²) in [6, 6.07) is 0.308. The van der Waals surface area contributed by atoms with Crippen LogP contribution in [0.4, 0.5) is 0 Å². The van der Waals surface area contributed by atoms with Crippen molar-refractivity contribution < 1.29 is 8.42 Å². The minimum atomic E-state index is -2.81. The Hall–Kier alpha value is 0.300. The number of aliphatic imine (C=N–C) groups is 1. The summed E-state index contributed by atoms with van der Waals surface area (Å²) in [6.45, 7) is 7.95. The van der Waals surface area contributed by atoms with E-state index in [0.29, 0.717) is 24.1 Å². The molecule has 2 unspecified atom stereocenters. The van der Waals surface area contributed by atoms with E-state index in [1.807, 2.05) is 11.8 Å². The van der Waals surface area contributed by atoms with Crippen LogP contribution in [0, 0.1) is 5.92 Å². The highest BCUT2D eigenvalue weighted by Crippen LogP contribution is 2.37. The molecule has 136 valence electrons. The van der Waals surface area contributed by atoms with E-state index in [1.165, 1.54) is 18.6 Å². The molecule has 2 N–H and O–H groups in total. The first-order valence-electron chi connectivity index (χ1n) is 8.17. The van der Waals surface area contributed by atoms with E-state index in [1.54, 1.807) is 0 Å². The fourth-order valence-corrected chi connectivity index (χ4v) is 6.00. The number of rotatable bonds is 5.